The molecule has 0 bridgehead atoms. The van der Waals surface area contributed by atoms with Crippen molar-refractivity contribution in [2.75, 3.05) is 6.61 Å². The molecular weight excluding hydrogens is 285 g/mol. The average molecular weight is 302 g/mol. The molecule has 1 heterocycles. The molecule has 0 spiro atoms. The van der Waals surface area contributed by atoms with Crippen molar-refractivity contribution in [1.82, 2.24) is 10.3 Å². The van der Waals surface area contributed by atoms with Crippen molar-refractivity contribution < 1.29 is 22.7 Å². The van der Waals surface area contributed by atoms with Gasteiger partial charge in [-0.1, -0.05) is 6.07 Å². The van der Waals surface area contributed by atoms with Gasteiger partial charge in [-0.3, -0.25) is 9.78 Å². The van der Waals surface area contributed by atoms with Gasteiger partial charge in [0.2, 0.25) is 0 Å². The zero-order valence-electron chi connectivity index (χ0n) is 11.4. The molecule has 1 fully saturated rings. The predicted molar refractivity (Wildman–Crippen MR) is 69.8 cm³/mol. The van der Waals surface area contributed by atoms with Gasteiger partial charge < -0.3 is 10.1 Å². The lowest BCUT2D eigenvalue weighted by Gasteiger charge is -2.29. The van der Waals surface area contributed by atoms with Crippen LogP contribution in [0.3, 0.4) is 0 Å². The van der Waals surface area contributed by atoms with Crippen molar-refractivity contribution in [2.24, 2.45) is 0 Å². The largest absolute Gasteiger partial charge is 0.411 e. The van der Waals surface area contributed by atoms with Crippen molar-refractivity contribution in [3.05, 3.63) is 30.1 Å². The number of hydrogen-bond acceptors (Lipinski definition) is 3. The Balaban J connectivity index is 1.82. The molecule has 1 aliphatic carbocycles. The van der Waals surface area contributed by atoms with Crippen molar-refractivity contribution in [3.8, 4) is 0 Å². The summed E-state index contributed by atoms with van der Waals surface area (Å²) in [7, 11) is 0. The summed E-state index contributed by atoms with van der Waals surface area (Å²) in [5, 5.41) is 2.80. The molecule has 0 saturated heterocycles. The van der Waals surface area contributed by atoms with Crippen LogP contribution in [-0.2, 0) is 4.74 Å². The number of nitrogens with one attached hydrogen (secondary N) is 1. The molecule has 1 aliphatic rings. The fraction of sp³-hybridized carbons (Fsp3) is 0.571. The van der Waals surface area contributed by atoms with Crippen LogP contribution in [0, 0.1) is 0 Å². The van der Waals surface area contributed by atoms with Crippen LogP contribution >= 0.6 is 0 Å². The number of hydrogen-bond donors (Lipinski definition) is 1. The number of nitrogens with zero attached hydrogens (tertiary/aromatic N) is 1. The van der Waals surface area contributed by atoms with Gasteiger partial charge in [0.05, 0.1) is 6.10 Å². The molecule has 1 amide bonds. The van der Waals surface area contributed by atoms with E-state index in [9.17, 15) is 18.0 Å². The topological polar surface area (TPSA) is 51.2 Å². The molecule has 1 saturated carbocycles. The third-order valence-electron chi connectivity index (χ3n) is 3.34. The highest BCUT2D eigenvalue weighted by molar-refractivity contribution is 5.92. The lowest BCUT2D eigenvalue weighted by atomic mass is 9.92. The van der Waals surface area contributed by atoms with E-state index in [2.05, 4.69) is 10.3 Å². The van der Waals surface area contributed by atoms with Gasteiger partial charge in [0, 0.05) is 12.2 Å². The molecule has 2 rings (SSSR count). The lowest BCUT2D eigenvalue weighted by molar-refractivity contribution is -0.188. The summed E-state index contributed by atoms with van der Waals surface area (Å²) in [5.74, 6) is -0.308. The van der Waals surface area contributed by atoms with E-state index in [1.165, 1.54) is 6.20 Å². The number of halogens is 3. The van der Waals surface area contributed by atoms with Crippen molar-refractivity contribution >= 4 is 5.91 Å². The van der Waals surface area contributed by atoms with E-state index in [0.29, 0.717) is 18.5 Å². The minimum Gasteiger partial charge on any atom is -0.369 e. The Labute approximate surface area is 120 Å². The Morgan fingerprint density at radius 2 is 2.19 bits per heavy atom. The highest BCUT2D eigenvalue weighted by atomic mass is 19.4. The highest BCUT2D eigenvalue weighted by Crippen LogP contribution is 2.24. The Morgan fingerprint density at radius 1 is 1.38 bits per heavy atom. The minimum absolute atomic E-state index is 0.175. The molecule has 0 aliphatic heterocycles. The van der Waals surface area contributed by atoms with E-state index < -0.39 is 18.9 Å². The molecule has 116 valence electrons. The molecular formula is C14H17F3N2O2. The molecule has 7 heteroatoms. The van der Waals surface area contributed by atoms with E-state index in [0.717, 1.165) is 12.8 Å². The second-order valence-corrected chi connectivity index (χ2v) is 5.10. The average Bonchev–Trinajstić information content (AvgIpc) is 2.46. The SMILES string of the molecule is O=C(NC1CCCC(OCC(F)(F)F)C1)c1ccccn1. The van der Waals surface area contributed by atoms with Gasteiger partial charge in [0.15, 0.2) is 0 Å². The number of pyridine rings is 1. The zero-order valence-corrected chi connectivity index (χ0v) is 11.4. The van der Waals surface area contributed by atoms with Crippen molar-refractivity contribution in [3.63, 3.8) is 0 Å². The quantitative estimate of drug-likeness (QED) is 0.930. The molecule has 1 aromatic heterocycles. The van der Waals surface area contributed by atoms with E-state index in [1.807, 2.05) is 0 Å². The Hall–Kier alpha value is -1.63. The van der Waals surface area contributed by atoms with Gasteiger partial charge in [-0.05, 0) is 37.8 Å². The van der Waals surface area contributed by atoms with Gasteiger partial charge in [0.1, 0.15) is 12.3 Å². The maximum Gasteiger partial charge on any atom is 0.411 e. The predicted octanol–water partition coefficient (Wildman–Crippen LogP) is 2.70. The maximum atomic E-state index is 12.1. The second-order valence-electron chi connectivity index (χ2n) is 5.10. The van der Waals surface area contributed by atoms with Crippen LogP contribution < -0.4 is 5.32 Å². The monoisotopic (exact) mass is 302 g/mol. The van der Waals surface area contributed by atoms with Gasteiger partial charge in [0.25, 0.3) is 5.91 Å². The normalized spacial score (nSPS) is 22.8. The molecule has 1 aromatic rings. The standard InChI is InChI=1S/C14H17F3N2O2/c15-14(16,17)9-21-11-5-3-4-10(8-11)19-13(20)12-6-1-2-7-18-12/h1-2,6-7,10-11H,3-5,8-9H2,(H,19,20). The first kappa shape index (κ1) is 15.8. The summed E-state index contributed by atoms with van der Waals surface area (Å²) < 4.78 is 41.3. The summed E-state index contributed by atoms with van der Waals surface area (Å²) >= 11 is 0. The Bertz CT molecular complexity index is 465. The highest BCUT2D eigenvalue weighted by Gasteiger charge is 2.31. The van der Waals surface area contributed by atoms with Crippen LogP contribution in [0.4, 0.5) is 13.2 Å². The number of rotatable bonds is 4. The van der Waals surface area contributed by atoms with Crippen LogP contribution in [0.1, 0.15) is 36.2 Å². The van der Waals surface area contributed by atoms with Crippen LogP contribution in [0.15, 0.2) is 24.4 Å². The Morgan fingerprint density at radius 3 is 2.86 bits per heavy atom. The third-order valence-corrected chi connectivity index (χ3v) is 3.34. The second kappa shape index (κ2) is 6.89. The first-order valence-corrected chi connectivity index (χ1v) is 6.84. The molecule has 1 N–H and O–H groups in total. The maximum absolute atomic E-state index is 12.1. The summed E-state index contributed by atoms with van der Waals surface area (Å²) in [4.78, 5) is 15.9. The molecule has 2 atom stereocenters. The minimum atomic E-state index is -4.32. The van der Waals surface area contributed by atoms with Gasteiger partial charge in [-0.25, -0.2) is 0 Å². The zero-order chi connectivity index (χ0) is 15.3. The lowest BCUT2D eigenvalue weighted by Crippen LogP contribution is -2.41. The van der Waals surface area contributed by atoms with Crippen LogP contribution in [-0.4, -0.2) is 35.8 Å². The van der Waals surface area contributed by atoms with Crippen LogP contribution in [0.25, 0.3) is 0 Å². The number of carbonyl (C=O) groups is 1. The fourth-order valence-corrected chi connectivity index (χ4v) is 2.40. The van der Waals surface area contributed by atoms with Gasteiger partial charge in [-0.15, -0.1) is 0 Å². The number of ether oxygens (including phenoxy) is 1. The Kier molecular flexibility index (Phi) is 5.17. The number of aromatic nitrogens is 1. The summed E-state index contributed by atoms with van der Waals surface area (Å²) in [6.07, 6.45) is -0.801. The molecule has 0 aromatic carbocycles. The van der Waals surface area contributed by atoms with Crippen LogP contribution in [0.2, 0.25) is 0 Å². The summed E-state index contributed by atoms with van der Waals surface area (Å²) in [6, 6.07) is 4.83. The van der Waals surface area contributed by atoms with E-state index >= 15 is 0 Å². The van der Waals surface area contributed by atoms with E-state index in [1.54, 1.807) is 18.2 Å². The first-order chi connectivity index (χ1) is 9.94. The molecule has 2 unspecified atom stereocenters. The van der Waals surface area contributed by atoms with Crippen LogP contribution in [0.5, 0.6) is 0 Å². The van der Waals surface area contributed by atoms with Crippen molar-refractivity contribution in [1.29, 1.82) is 0 Å². The van der Waals surface area contributed by atoms with Gasteiger partial charge >= 0.3 is 6.18 Å². The fourth-order valence-electron chi connectivity index (χ4n) is 2.40. The molecule has 4 nitrogen and oxygen atoms in total. The first-order valence-electron chi connectivity index (χ1n) is 6.84. The molecule has 0 radical (unpaired) electrons. The number of amides is 1. The van der Waals surface area contributed by atoms with Gasteiger partial charge in [-0.2, -0.15) is 13.2 Å². The smallest absolute Gasteiger partial charge is 0.369 e. The van der Waals surface area contributed by atoms with E-state index in [-0.39, 0.29) is 11.9 Å². The van der Waals surface area contributed by atoms with E-state index in [4.69, 9.17) is 4.74 Å². The number of carbonyl (C=O) groups excluding carboxylic acids is 1. The number of alkyl halides is 3. The summed E-state index contributed by atoms with van der Waals surface area (Å²) in [5.41, 5.74) is 0.302. The summed E-state index contributed by atoms with van der Waals surface area (Å²) in [6.45, 7) is -1.24. The third kappa shape index (κ3) is 5.34. The molecule has 21 heavy (non-hydrogen) atoms. The van der Waals surface area contributed by atoms with Crippen molar-refractivity contribution in [2.45, 2.75) is 44.0 Å².